The molecule has 0 aromatic carbocycles. The summed E-state index contributed by atoms with van der Waals surface area (Å²) >= 11 is 0. The van der Waals surface area contributed by atoms with Crippen LogP contribution in [0.5, 0.6) is 0 Å². The van der Waals surface area contributed by atoms with Crippen molar-refractivity contribution in [3.05, 3.63) is 0 Å². The summed E-state index contributed by atoms with van der Waals surface area (Å²) in [6.45, 7) is 12.9. The van der Waals surface area contributed by atoms with Gasteiger partial charge in [-0.05, 0) is 97.3 Å². The van der Waals surface area contributed by atoms with E-state index in [9.17, 15) is 28.2 Å². The van der Waals surface area contributed by atoms with E-state index in [0.717, 1.165) is 25.7 Å². The molecule has 0 aliphatic heterocycles. The van der Waals surface area contributed by atoms with Crippen molar-refractivity contribution < 1.29 is 28.2 Å². The van der Waals surface area contributed by atoms with Crippen molar-refractivity contribution >= 4 is 21.8 Å². The zero-order valence-corrected chi connectivity index (χ0v) is 28.9. The van der Waals surface area contributed by atoms with Crippen molar-refractivity contribution in [3.63, 3.8) is 0 Å². The Kier molecular flexibility index (Phi) is 16.7. The van der Waals surface area contributed by atoms with Crippen molar-refractivity contribution in [1.29, 1.82) is 0 Å². The Morgan fingerprint density at radius 2 is 1.52 bits per heavy atom. The third-order valence-electron chi connectivity index (χ3n) is 9.05. The maximum Gasteiger partial charge on any atom is 0.226 e. The van der Waals surface area contributed by atoms with E-state index < -0.39 is 33.3 Å². The fraction of sp³-hybridized carbons (Fsp3) is 0.879. The second kappa shape index (κ2) is 19.1. The van der Waals surface area contributed by atoms with E-state index in [1.165, 1.54) is 5.01 Å². The van der Waals surface area contributed by atoms with Gasteiger partial charge in [-0.2, -0.15) is 0 Å². The molecule has 254 valence electrons. The Bertz CT molecular complexity index is 1040. The van der Waals surface area contributed by atoms with Crippen LogP contribution < -0.4 is 10.1 Å². The smallest absolute Gasteiger partial charge is 0.226 e. The van der Waals surface area contributed by atoms with E-state index in [4.69, 9.17) is 0 Å². The predicted octanol–water partition coefficient (Wildman–Crippen LogP) is 3.43. The third kappa shape index (κ3) is 12.2. The van der Waals surface area contributed by atoms with Gasteiger partial charge in [0, 0.05) is 43.9 Å². The summed E-state index contributed by atoms with van der Waals surface area (Å²) in [5, 5.41) is 25.6. The van der Waals surface area contributed by atoms with Gasteiger partial charge in [-0.15, -0.1) is 16.7 Å². The minimum Gasteiger partial charge on any atom is -0.393 e. The van der Waals surface area contributed by atoms with Gasteiger partial charge in [-0.25, -0.2) is 13.4 Å². The Balaban J connectivity index is 2.27. The van der Waals surface area contributed by atoms with Crippen LogP contribution in [0.3, 0.4) is 0 Å². The minimum absolute atomic E-state index is 0.0266. The van der Waals surface area contributed by atoms with E-state index in [-0.39, 0.29) is 42.2 Å². The molecule has 0 heterocycles. The molecule has 2 saturated carbocycles. The summed E-state index contributed by atoms with van der Waals surface area (Å²) in [6.07, 6.45) is 6.26. The van der Waals surface area contributed by atoms with Crippen LogP contribution in [-0.4, -0.2) is 90.0 Å². The number of aliphatic hydroxyl groups excluding tert-OH is 2. The van der Waals surface area contributed by atoms with Crippen LogP contribution in [0.4, 0.5) is 0 Å². The predicted molar refractivity (Wildman–Crippen MR) is 175 cm³/mol. The van der Waals surface area contributed by atoms with E-state index >= 15 is 0 Å². The highest BCUT2D eigenvalue weighted by Gasteiger charge is 2.39. The molecule has 4 N–H and O–H groups in total. The molecular formula is C33H60N4O6S. The van der Waals surface area contributed by atoms with E-state index in [1.807, 2.05) is 11.8 Å². The van der Waals surface area contributed by atoms with Gasteiger partial charge in [0.25, 0.3) is 0 Å². The van der Waals surface area contributed by atoms with E-state index in [1.54, 1.807) is 20.8 Å². The second-order valence-corrected chi connectivity index (χ2v) is 15.5. The van der Waals surface area contributed by atoms with Crippen molar-refractivity contribution in [3.8, 4) is 11.8 Å². The van der Waals surface area contributed by atoms with Crippen molar-refractivity contribution in [1.82, 2.24) is 20.1 Å². The van der Waals surface area contributed by atoms with Crippen molar-refractivity contribution in [2.24, 2.45) is 23.7 Å². The number of hydrogen-bond acceptors (Lipinski definition) is 7. The molecule has 0 saturated heterocycles. The Labute approximate surface area is 267 Å². The summed E-state index contributed by atoms with van der Waals surface area (Å²) in [5.41, 5.74) is 0. The molecular weight excluding hydrogens is 580 g/mol. The van der Waals surface area contributed by atoms with E-state index in [0.29, 0.717) is 64.6 Å². The molecule has 0 aromatic rings. The fourth-order valence-electron chi connectivity index (χ4n) is 6.62. The average molecular weight is 641 g/mol. The van der Waals surface area contributed by atoms with Crippen LogP contribution >= 0.6 is 0 Å². The number of nitrogens with zero attached hydrogens (tertiary/aromatic N) is 2. The third-order valence-corrected chi connectivity index (χ3v) is 10.8. The number of rotatable bonds is 17. The molecule has 2 aliphatic rings. The number of nitrogens with one attached hydrogen (secondary N) is 2. The molecule has 2 amide bonds. The van der Waals surface area contributed by atoms with Crippen LogP contribution in [0.1, 0.15) is 112 Å². The first-order valence-corrected chi connectivity index (χ1v) is 18.5. The first kappa shape index (κ1) is 38.5. The Morgan fingerprint density at radius 1 is 0.932 bits per heavy atom. The zero-order chi connectivity index (χ0) is 32.9. The summed E-state index contributed by atoms with van der Waals surface area (Å²) in [5.74, 6) is 5.59. The standard InChI is InChI=1S/C33H60N4O6S/c1-7-11-26-19-27(22-28(20-26)33(41)36(16-8-2)17-9-3)32(40)34-30(21-25-12-14-29(38)15-13-25)31(39)23-37(18-10-4)35-44(42,43)24(5)6/h24-31,35,38-39H,8-10,12-23H2,1-6H3,(H,34,40). The SMILES string of the molecule is CC#CC1CC(C(=O)NC(CC2CCC(O)CC2)C(O)CN(CCC)NS(=O)(=O)C(C)C)CC(C(=O)N(CCC)CCC)C1. The topological polar surface area (TPSA) is 139 Å². The molecule has 0 radical (unpaired) electrons. The number of hydrogen-bond donors (Lipinski definition) is 4. The van der Waals surface area contributed by atoms with Gasteiger partial charge in [0.05, 0.1) is 23.5 Å². The molecule has 0 aromatic heterocycles. The lowest BCUT2D eigenvalue weighted by molar-refractivity contribution is -0.139. The van der Waals surface area contributed by atoms with Gasteiger partial charge in [0.15, 0.2) is 0 Å². The van der Waals surface area contributed by atoms with E-state index in [2.05, 4.69) is 35.8 Å². The van der Waals surface area contributed by atoms with Crippen LogP contribution in [-0.2, 0) is 19.6 Å². The maximum absolute atomic E-state index is 13.9. The highest BCUT2D eigenvalue weighted by Crippen LogP contribution is 2.35. The largest absolute Gasteiger partial charge is 0.393 e. The lowest BCUT2D eigenvalue weighted by Gasteiger charge is -2.37. The van der Waals surface area contributed by atoms with Crippen LogP contribution in [0.2, 0.25) is 0 Å². The molecule has 0 bridgehead atoms. The number of aliphatic hydroxyl groups is 2. The molecule has 11 heteroatoms. The van der Waals surface area contributed by atoms with Gasteiger partial charge < -0.3 is 20.4 Å². The number of carbonyl (C=O) groups excluding carboxylic acids is 2. The van der Waals surface area contributed by atoms with Crippen LogP contribution in [0.15, 0.2) is 0 Å². The fourth-order valence-corrected chi connectivity index (χ4v) is 7.36. The van der Waals surface area contributed by atoms with Crippen LogP contribution in [0.25, 0.3) is 0 Å². The van der Waals surface area contributed by atoms with Gasteiger partial charge in [0.1, 0.15) is 0 Å². The van der Waals surface area contributed by atoms with Gasteiger partial charge in [-0.1, -0.05) is 20.8 Å². The quantitative estimate of drug-likeness (QED) is 0.141. The second-order valence-electron chi connectivity index (χ2n) is 13.2. The lowest BCUT2D eigenvalue weighted by atomic mass is 9.74. The van der Waals surface area contributed by atoms with Gasteiger partial charge >= 0.3 is 0 Å². The molecule has 5 unspecified atom stereocenters. The Morgan fingerprint density at radius 3 is 2.07 bits per heavy atom. The molecule has 10 nitrogen and oxygen atoms in total. The van der Waals surface area contributed by atoms with Crippen LogP contribution in [0, 0.1) is 35.5 Å². The lowest BCUT2D eigenvalue weighted by Crippen LogP contribution is -2.55. The normalized spacial score (nSPS) is 25.6. The molecule has 2 aliphatic carbocycles. The van der Waals surface area contributed by atoms with Gasteiger partial charge in [0.2, 0.25) is 21.8 Å². The summed E-state index contributed by atoms with van der Waals surface area (Å²) < 4.78 is 25.3. The highest BCUT2D eigenvalue weighted by molar-refractivity contribution is 7.90. The van der Waals surface area contributed by atoms with Gasteiger partial charge in [-0.3, -0.25) is 9.59 Å². The monoisotopic (exact) mass is 640 g/mol. The maximum atomic E-state index is 13.9. The first-order valence-electron chi connectivity index (χ1n) is 17.0. The number of sulfonamides is 1. The highest BCUT2D eigenvalue weighted by atomic mass is 32.2. The molecule has 2 fully saturated rings. The molecule has 2 rings (SSSR count). The Hall–Kier alpha value is -1.71. The number of carbonyl (C=O) groups is 2. The zero-order valence-electron chi connectivity index (χ0n) is 28.1. The van der Waals surface area contributed by atoms with Crippen molar-refractivity contribution in [2.75, 3.05) is 26.2 Å². The number of amides is 2. The average Bonchev–Trinajstić information content (AvgIpc) is 2.97. The number of hydrazine groups is 1. The van der Waals surface area contributed by atoms with Crippen molar-refractivity contribution in [2.45, 2.75) is 136 Å². The molecule has 0 spiro atoms. The molecule has 5 atom stereocenters. The summed E-state index contributed by atoms with van der Waals surface area (Å²) in [7, 11) is -3.61. The molecule has 44 heavy (non-hydrogen) atoms. The minimum atomic E-state index is -3.61. The summed E-state index contributed by atoms with van der Waals surface area (Å²) in [6, 6.07) is -0.603. The first-order chi connectivity index (χ1) is 20.8. The summed E-state index contributed by atoms with van der Waals surface area (Å²) in [4.78, 5) is 32.0.